The molecule has 0 saturated carbocycles. The van der Waals surface area contributed by atoms with Crippen LogP contribution in [0.1, 0.15) is 22.3 Å². The van der Waals surface area contributed by atoms with Gasteiger partial charge >= 0.3 is 0 Å². The monoisotopic (exact) mass is 474 g/mol. The van der Waals surface area contributed by atoms with Crippen molar-refractivity contribution in [2.45, 2.75) is 18.2 Å². The van der Waals surface area contributed by atoms with Gasteiger partial charge in [-0.3, -0.25) is 9.36 Å². The third kappa shape index (κ3) is 4.22. The van der Waals surface area contributed by atoms with Gasteiger partial charge in [-0.15, -0.1) is 0 Å². The van der Waals surface area contributed by atoms with E-state index in [1.807, 2.05) is 60.0 Å². The van der Waals surface area contributed by atoms with Crippen LogP contribution in [0.25, 0.3) is 16.7 Å². The number of hydrogen-bond acceptors (Lipinski definition) is 4. The van der Waals surface area contributed by atoms with E-state index in [1.165, 1.54) is 4.31 Å². The molecule has 7 nitrogen and oxygen atoms in total. The number of carbonyl (C=O) groups excluding carboxylic acids is 1. The van der Waals surface area contributed by atoms with E-state index in [0.717, 1.165) is 22.3 Å². The van der Waals surface area contributed by atoms with Gasteiger partial charge in [-0.05, 0) is 61.9 Å². The number of nitrogens with zero attached hydrogens (tertiary/aromatic N) is 4. The Morgan fingerprint density at radius 1 is 0.853 bits per heavy atom. The molecule has 1 fully saturated rings. The predicted molar refractivity (Wildman–Crippen MR) is 132 cm³/mol. The number of amides is 1. The highest BCUT2D eigenvalue weighted by Gasteiger charge is 2.28. The highest BCUT2D eigenvalue weighted by atomic mass is 32.2. The van der Waals surface area contributed by atoms with Crippen LogP contribution < -0.4 is 0 Å². The molecule has 5 rings (SSSR count). The predicted octanol–water partition coefficient (Wildman–Crippen LogP) is 3.87. The van der Waals surface area contributed by atoms with Gasteiger partial charge in [0.05, 0.1) is 15.9 Å². The minimum absolute atomic E-state index is 0.0865. The van der Waals surface area contributed by atoms with Crippen LogP contribution in [-0.2, 0) is 10.0 Å². The summed E-state index contributed by atoms with van der Waals surface area (Å²) in [5.74, 6) is -0.0865. The lowest BCUT2D eigenvalue weighted by Crippen LogP contribution is -2.37. The van der Waals surface area contributed by atoms with Gasteiger partial charge < -0.3 is 4.90 Å². The molecule has 1 aliphatic heterocycles. The molecule has 8 heteroatoms. The Balaban J connectivity index is 1.29. The Labute approximate surface area is 199 Å². The lowest BCUT2D eigenvalue weighted by atomic mass is 10.1. The molecule has 0 bridgehead atoms. The molecule has 1 aliphatic rings. The van der Waals surface area contributed by atoms with Crippen molar-refractivity contribution in [1.82, 2.24) is 18.8 Å². The van der Waals surface area contributed by atoms with Crippen LogP contribution in [0.3, 0.4) is 0 Å². The zero-order valence-corrected chi connectivity index (χ0v) is 19.8. The molecule has 4 aromatic rings. The van der Waals surface area contributed by atoms with E-state index in [9.17, 15) is 13.2 Å². The first-order valence-corrected chi connectivity index (χ1v) is 12.8. The molecule has 34 heavy (non-hydrogen) atoms. The second-order valence-electron chi connectivity index (χ2n) is 8.51. The normalized spacial score (nSPS) is 15.4. The number of aromatic nitrogens is 2. The number of hydrogen-bond donors (Lipinski definition) is 0. The fourth-order valence-corrected chi connectivity index (χ4v) is 5.78. The van der Waals surface area contributed by atoms with Gasteiger partial charge in [-0.2, -0.15) is 4.31 Å². The van der Waals surface area contributed by atoms with Gasteiger partial charge in [-0.25, -0.2) is 13.4 Å². The fourth-order valence-electron chi connectivity index (χ4n) is 4.31. The minimum atomic E-state index is -3.58. The third-order valence-corrected chi connectivity index (χ3v) is 8.16. The quantitative estimate of drug-likeness (QED) is 0.450. The number of sulfonamides is 1. The summed E-state index contributed by atoms with van der Waals surface area (Å²) in [5.41, 5.74) is 4.44. The molecule has 174 valence electrons. The van der Waals surface area contributed by atoms with E-state index < -0.39 is 10.0 Å². The molecule has 0 spiro atoms. The van der Waals surface area contributed by atoms with Crippen molar-refractivity contribution in [2.24, 2.45) is 0 Å². The van der Waals surface area contributed by atoms with Gasteiger partial charge in [0.1, 0.15) is 6.33 Å². The Kier molecular flexibility index (Phi) is 5.93. The number of rotatable bonds is 4. The highest BCUT2D eigenvalue weighted by molar-refractivity contribution is 7.89. The molecule has 0 N–H and O–H groups in total. The van der Waals surface area contributed by atoms with E-state index in [4.69, 9.17) is 0 Å². The second kappa shape index (κ2) is 9.04. The summed E-state index contributed by atoms with van der Waals surface area (Å²) >= 11 is 0. The molecule has 1 amide bonds. The van der Waals surface area contributed by atoms with Crippen LogP contribution in [0, 0.1) is 6.92 Å². The lowest BCUT2D eigenvalue weighted by Gasteiger charge is -2.22. The van der Waals surface area contributed by atoms with Crippen LogP contribution in [0.5, 0.6) is 0 Å². The van der Waals surface area contributed by atoms with Crippen LogP contribution in [0.4, 0.5) is 0 Å². The molecular weight excluding hydrogens is 448 g/mol. The smallest absolute Gasteiger partial charge is 0.253 e. The van der Waals surface area contributed by atoms with E-state index in [2.05, 4.69) is 4.98 Å². The molecule has 2 heterocycles. The molecule has 3 aromatic carbocycles. The van der Waals surface area contributed by atoms with E-state index >= 15 is 0 Å². The van der Waals surface area contributed by atoms with Gasteiger partial charge in [0.15, 0.2) is 0 Å². The van der Waals surface area contributed by atoms with Gasteiger partial charge in [0.25, 0.3) is 5.91 Å². The van der Waals surface area contributed by atoms with Crippen LogP contribution >= 0.6 is 0 Å². The van der Waals surface area contributed by atoms with Crippen molar-refractivity contribution < 1.29 is 13.2 Å². The first-order valence-electron chi connectivity index (χ1n) is 11.3. The molecule has 1 aromatic heterocycles. The number of carbonyl (C=O) groups is 1. The minimum Gasteiger partial charge on any atom is -0.337 e. The molecular formula is C26H26N4O3S. The largest absolute Gasteiger partial charge is 0.337 e. The maximum absolute atomic E-state index is 13.2. The summed E-state index contributed by atoms with van der Waals surface area (Å²) in [6, 6.07) is 22.2. The number of aryl methyl sites for hydroxylation is 1. The molecule has 0 atom stereocenters. The van der Waals surface area contributed by atoms with Gasteiger partial charge in [0, 0.05) is 37.4 Å². The van der Waals surface area contributed by atoms with Crippen molar-refractivity contribution in [1.29, 1.82) is 0 Å². The number of benzene rings is 3. The fraction of sp³-hybridized carbons (Fsp3) is 0.231. The Hall–Kier alpha value is -3.49. The molecule has 1 saturated heterocycles. The Bertz CT molecular complexity index is 1430. The zero-order chi connectivity index (χ0) is 23.7. The number of fused-ring (bicyclic) bond motifs is 1. The highest BCUT2D eigenvalue weighted by Crippen LogP contribution is 2.21. The molecule has 0 aliphatic carbocycles. The van der Waals surface area contributed by atoms with Crippen LogP contribution in [-0.4, -0.2) is 59.3 Å². The summed E-state index contributed by atoms with van der Waals surface area (Å²) in [4.78, 5) is 19.6. The summed E-state index contributed by atoms with van der Waals surface area (Å²) in [6.07, 6.45) is 2.37. The number of imidazole rings is 1. The van der Waals surface area contributed by atoms with E-state index in [0.29, 0.717) is 36.5 Å². The van der Waals surface area contributed by atoms with Crippen molar-refractivity contribution >= 4 is 27.0 Å². The van der Waals surface area contributed by atoms with E-state index in [1.54, 1.807) is 35.5 Å². The SMILES string of the molecule is Cc1ccc(S(=O)(=O)N2CCCN(C(=O)c3ccc(-n4cnc5ccccc54)cc3)CC2)cc1. The second-order valence-corrected chi connectivity index (χ2v) is 10.5. The molecule has 0 unspecified atom stereocenters. The zero-order valence-electron chi connectivity index (χ0n) is 19.0. The summed E-state index contributed by atoms with van der Waals surface area (Å²) in [6.45, 7) is 3.48. The molecule has 0 radical (unpaired) electrons. The Morgan fingerprint density at radius 3 is 2.35 bits per heavy atom. The van der Waals surface area contributed by atoms with E-state index in [-0.39, 0.29) is 12.5 Å². The van der Waals surface area contributed by atoms with Crippen molar-refractivity contribution in [3.05, 3.63) is 90.3 Å². The van der Waals surface area contributed by atoms with Crippen molar-refractivity contribution in [3.63, 3.8) is 0 Å². The third-order valence-electron chi connectivity index (χ3n) is 6.25. The van der Waals surface area contributed by atoms with Crippen molar-refractivity contribution in [3.8, 4) is 5.69 Å². The lowest BCUT2D eigenvalue weighted by molar-refractivity contribution is 0.0764. The van der Waals surface area contributed by atoms with Crippen LogP contribution in [0.2, 0.25) is 0 Å². The number of para-hydroxylation sites is 2. The maximum atomic E-state index is 13.2. The topological polar surface area (TPSA) is 75.5 Å². The summed E-state index contributed by atoms with van der Waals surface area (Å²) in [5, 5.41) is 0. The van der Waals surface area contributed by atoms with Gasteiger partial charge in [0.2, 0.25) is 10.0 Å². The van der Waals surface area contributed by atoms with Crippen molar-refractivity contribution in [2.75, 3.05) is 26.2 Å². The first kappa shape index (κ1) is 22.3. The van der Waals surface area contributed by atoms with Gasteiger partial charge in [-0.1, -0.05) is 29.8 Å². The standard InChI is InChI=1S/C26H26N4O3S/c1-20-7-13-23(14-8-20)34(32,33)29-16-4-15-28(17-18-29)26(31)21-9-11-22(12-10-21)30-19-27-24-5-2-3-6-25(24)30/h2-3,5-14,19H,4,15-18H2,1H3. The average Bonchev–Trinajstić information content (AvgIpc) is 3.12. The average molecular weight is 475 g/mol. The van der Waals surface area contributed by atoms with Crippen LogP contribution in [0.15, 0.2) is 84.0 Å². The first-order chi connectivity index (χ1) is 16.4. The maximum Gasteiger partial charge on any atom is 0.253 e. The summed E-state index contributed by atoms with van der Waals surface area (Å²) in [7, 11) is -3.58. The summed E-state index contributed by atoms with van der Waals surface area (Å²) < 4.78 is 29.6. The Morgan fingerprint density at radius 2 is 1.59 bits per heavy atom.